The second kappa shape index (κ2) is 8.08. The van der Waals surface area contributed by atoms with Gasteiger partial charge in [0.2, 0.25) is 0 Å². The van der Waals surface area contributed by atoms with E-state index < -0.39 is 0 Å². The maximum absolute atomic E-state index is 5.24. The number of thiazole rings is 1. The normalized spacial score (nSPS) is 11.0. The van der Waals surface area contributed by atoms with Crippen LogP contribution >= 0.6 is 11.3 Å². The molecule has 0 amide bonds. The van der Waals surface area contributed by atoms with Crippen LogP contribution in [0.3, 0.4) is 0 Å². The van der Waals surface area contributed by atoms with Crippen molar-refractivity contribution in [2.45, 2.75) is 26.6 Å². The molecule has 0 aliphatic carbocycles. The maximum Gasteiger partial charge on any atom is 0.118 e. The Balaban J connectivity index is 1.74. The number of hydrogen-bond acceptors (Lipinski definition) is 4. The molecule has 0 aliphatic rings. The van der Waals surface area contributed by atoms with Gasteiger partial charge in [-0.15, -0.1) is 11.3 Å². The van der Waals surface area contributed by atoms with Crippen molar-refractivity contribution in [2.75, 3.05) is 7.11 Å². The third-order valence-corrected chi connectivity index (χ3v) is 4.70. The topological polar surface area (TPSA) is 25.4 Å². The molecule has 3 rings (SSSR count). The minimum atomic E-state index is 0.859. The molecule has 0 spiro atoms. The highest BCUT2D eigenvalue weighted by Crippen LogP contribution is 2.18. The van der Waals surface area contributed by atoms with Crippen molar-refractivity contribution in [2.24, 2.45) is 0 Å². The first-order valence-electron chi connectivity index (χ1n) is 8.02. The number of aromatic nitrogens is 1. The van der Waals surface area contributed by atoms with Gasteiger partial charge in [-0.25, -0.2) is 4.98 Å². The first-order valence-corrected chi connectivity index (χ1v) is 8.90. The third-order valence-electron chi connectivity index (χ3n) is 3.93. The lowest BCUT2D eigenvalue weighted by molar-refractivity contribution is 0.247. The molecule has 0 atom stereocenters. The zero-order valence-electron chi connectivity index (χ0n) is 14.1. The molecule has 124 valence electrons. The zero-order chi connectivity index (χ0) is 16.8. The lowest BCUT2D eigenvalue weighted by atomic mass is 10.1. The van der Waals surface area contributed by atoms with E-state index in [2.05, 4.69) is 53.2 Å². The summed E-state index contributed by atoms with van der Waals surface area (Å²) in [5, 5.41) is 3.18. The summed E-state index contributed by atoms with van der Waals surface area (Å²) in [6.07, 6.45) is 1.87. The maximum atomic E-state index is 5.24. The molecule has 0 aliphatic heterocycles. The molecule has 1 aromatic heterocycles. The monoisotopic (exact) mass is 338 g/mol. The predicted octanol–water partition coefficient (Wildman–Crippen LogP) is 4.66. The fourth-order valence-electron chi connectivity index (χ4n) is 2.63. The molecule has 0 unspecified atom stereocenters. The van der Waals surface area contributed by atoms with Crippen molar-refractivity contribution >= 4 is 11.3 Å². The van der Waals surface area contributed by atoms with Crippen LogP contribution in [0.4, 0.5) is 0 Å². The van der Waals surface area contributed by atoms with Crippen molar-refractivity contribution in [3.05, 3.63) is 81.8 Å². The summed E-state index contributed by atoms with van der Waals surface area (Å²) in [5.41, 5.74) is 3.89. The van der Waals surface area contributed by atoms with Crippen LogP contribution in [-0.2, 0) is 19.6 Å². The number of aryl methyl sites for hydroxylation is 1. The number of nitrogens with zero attached hydrogens (tertiary/aromatic N) is 2. The van der Waals surface area contributed by atoms with Crippen molar-refractivity contribution in [1.82, 2.24) is 9.88 Å². The second-order valence-corrected chi connectivity index (χ2v) is 6.88. The molecular weight excluding hydrogens is 316 g/mol. The quantitative estimate of drug-likeness (QED) is 0.626. The van der Waals surface area contributed by atoms with Crippen LogP contribution in [0.2, 0.25) is 0 Å². The van der Waals surface area contributed by atoms with Gasteiger partial charge in [-0.1, -0.05) is 42.0 Å². The Kier molecular flexibility index (Phi) is 5.62. The van der Waals surface area contributed by atoms with Crippen LogP contribution in [0.5, 0.6) is 5.75 Å². The summed E-state index contributed by atoms with van der Waals surface area (Å²) in [6.45, 7) is 4.77. The molecule has 3 aromatic rings. The molecule has 0 radical (unpaired) electrons. The van der Waals surface area contributed by atoms with E-state index in [0.717, 1.165) is 30.4 Å². The van der Waals surface area contributed by atoms with Crippen LogP contribution in [0.25, 0.3) is 0 Å². The van der Waals surface area contributed by atoms with Gasteiger partial charge in [-0.3, -0.25) is 4.90 Å². The summed E-state index contributed by atoms with van der Waals surface area (Å²) < 4.78 is 5.24. The average Bonchev–Trinajstić information content (AvgIpc) is 3.10. The molecule has 4 heteroatoms. The lowest BCUT2D eigenvalue weighted by Crippen LogP contribution is -2.22. The van der Waals surface area contributed by atoms with Crippen molar-refractivity contribution in [3.8, 4) is 5.75 Å². The largest absolute Gasteiger partial charge is 0.497 e. The van der Waals surface area contributed by atoms with Gasteiger partial charge >= 0.3 is 0 Å². The van der Waals surface area contributed by atoms with E-state index in [1.165, 1.54) is 16.7 Å². The van der Waals surface area contributed by atoms with Gasteiger partial charge in [0, 0.05) is 24.7 Å². The fraction of sp³-hybridized carbons (Fsp3) is 0.250. The number of methoxy groups -OCH3 is 1. The van der Waals surface area contributed by atoms with Gasteiger partial charge in [0.1, 0.15) is 10.8 Å². The van der Waals surface area contributed by atoms with Crippen molar-refractivity contribution < 1.29 is 4.74 Å². The van der Waals surface area contributed by atoms with Crippen LogP contribution < -0.4 is 4.74 Å². The Morgan fingerprint density at radius 3 is 2.08 bits per heavy atom. The van der Waals surface area contributed by atoms with Gasteiger partial charge < -0.3 is 4.74 Å². The third kappa shape index (κ3) is 4.66. The molecule has 0 saturated carbocycles. The lowest BCUT2D eigenvalue weighted by Gasteiger charge is -2.22. The van der Waals surface area contributed by atoms with E-state index in [4.69, 9.17) is 4.74 Å². The minimum absolute atomic E-state index is 0.859. The standard InChI is InChI=1S/C20H22N2OS/c1-16-3-5-17(6-4-16)13-22(15-20-21-11-12-24-20)14-18-7-9-19(23-2)10-8-18/h3-12H,13-15H2,1-2H3. The summed E-state index contributed by atoms with van der Waals surface area (Å²) in [5.74, 6) is 0.892. The Morgan fingerprint density at radius 2 is 1.54 bits per heavy atom. The van der Waals surface area contributed by atoms with Gasteiger partial charge in [-0.2, -0.15) is 0 Å². The molecule has 0 N–H and O–H groups in total. The van der Waals surface area contributed by atoms with Gasteiger partial charge in [0.25, 0.3) is 0 Å². The van der Waals surface area contributed by atoms with E-state index in [1.807, 2.05) is 23.7 Å². The van der Waals surface area contributed by atoms with Crippen LogP contribution in [0.15, 0.2) is 60.1 Å². The highest BCUT2D eigenvalue weighted by atomic mass is 32.1. The summed E-state index contributed by atoms with van der Waals surface area (Å²) in [4.78, 5) is 6.86. The van der Waals surface area contributed by atoms with Gasteiger partial charge in [0.15, 0.2) is 0 Å². The molecular formula is C20H22N2OS. The summed E-state index contributed by atoms with van der Waals surface area (Å²) in [6, 6.07) is 17.0. The van der Waals surface area contributed by atoms with Crippen LogP contribution in [0, 0.1) is 6.92 Å². The first-order chi connectivity index (χ1) is 11.7. The Morgan fingerprint density at radius 1 is 0.917 bits per heavy atom. The van der Waals surface area contributed by atoms with E-state index in [0.29, 0.717) is 0 Å². The summed E-state index contributed by atoms with van der Waals surface area (Å²) >= 11 is 1.71. The van der Waals surface area contributed by atoms with Gasteiger partial charge in [0.05, 0.1) is 13.7 Å². The molecule has 24 heavy (non-hydrogen) atoms. The number of rotatable bonds is 7. The van der Waals surface area contributed by atoms with Gasteiger partial charge in [-0.05, 0) is 30.2 Å². The molecule has 0 bridgehead atoms. The second-order valence-electron chi connectivity index (χ2n) is 5.90. The van der Waals surface area contributed by atoms with E-state index >= 15 is 0 Å². The molecule has 1 heterocycles. The van der Waals surface area contributed by atoms with Crippen LogP contribution in [-0.4, -0.2) is 17.0 Å². The first kappa shape index (κ1) is 16.7. The molecule has 3 nitrogen and oxygen atoms in total. The van der Waals surface area contributed by atoms with Crippen molar-refractivity contribution in [1.29, 1.82) is 0 Å². The van der Waals surface area contributed by atoms with E-state index in [1.54, 1.807) is 18.4 Å². The number of ether oxygens (including phenoxy) is 1. The SMILES string of the molecule is COc1ccc(CN(Cc2ccc(C)cc2)Cc2nccs2)cc1. The molecule has 0 fully saturated rings. The highest BCUT2D eigenvalue weighted by molar-refractivity contribution is 7.09. The highest BCUT2D eigenvalue weighted by Gasteiger charge is 2.10. The predicted molar refractivity (Wildman–Crippen MR) is 99.2 cm³/mol. The zero-order valence-corrected chi connectivity index (χ0v) is 14.9. The number of hydrogen-bond donors (Lipinski definition) is 0. The van der Waals surface area contributed by atoms with E-state index in [9.17, 15) is 0 Å². The Labute approximate surface area is 147 Å². The smallest absolute Gasteiger partial charge is 0.118 e. The number of benzene rings is 2. The molecule has 0 saturated heterocycles. The average molecular weight is 338 g/mol. The Hall–Kier alpha value is -2.17. The van der Waals surface area contributed by atoms with E-state index in [-0.39, 0.29) is 0 Å². The Bertz CT molecular complexity index is 736. The fourth-order valence-corrected chi connectivity index (χ4v) is 3.29. The summed E-state index contributed by atoms with van der Waals surface area (Å²) in [7, 11) is 1.70. The minimum Gasteiger partial charge on any atom is -0.497 e. The van der Waals surface area contributed by atoms with Crippen LogP contribution in [0.1, 0.15) is 21.7 Å². The molecule has 2 aromatic carbocycles. The van der Waals surface area contributed by atoms with Crippen molar-refractivity contribution in [3.63, 3.8) is 0 Å².